The van der Waals surface area contributed by atoms with Gasteiger partial charge in [-0.15, -0.1) is 0 Å². The molecule has 2 heterocycles. The highest BCUT2D eigenvalue weighted by atomic mass is 15.3. The smallest absolute Gasteiger partial charge is 0.0200 e. The molecular weight excluding hydrogens is 196 g/mol. The molecule has 2 aliphatic heterocycles. The van der Waals surface area contributed by atoms with Crippen LogP contribution in [0, 0.1) is 17.8 Å². The van der Waals surface area contributed by atoms with Crippen LogP contribution >= 0.6 is 0 Å². The van der Waals surface area contributed by atoms with Gasteiger partial charge in [0.05, 0.1) is 0 Å². The molecule has 2 heteroatoms. The molecule has 3 aliphatic rings. The third-order valence-electron chi connectivity index (χ3n) is 5.32. The van der Waals surface area contributed by atoms with Gasteiger partial charge in [0.25, 0.3) is 0 Å². The van der Waals surface area contributed by atoms with Crippen LogP contribution in [0.2, 0.25) is 0 Å². The molecule has 3 unspecified atom stereocenters. The Morgan fingerprint density at radius 3 is 2.69 bits per heavy atom. The maximum absolute atomic E-state index is 3.57. The highest BCUT2D eigenvalue weighted by Gasteiger charge is 2.50. The first-order chi connectivity index (χ1) is 7.59. The van der Waals surface area contributed by atoms with Crippen molar-refractivity contribution in [2.75, 3.05) is 19.6 Å². The minimum atomic E-state index is 0.419. The second-order valence-corrected chi connectivity index (χ2v) is 6.86. The van der Waals surface area contributed by atoms with Crippen LogP contribution in [0.15, 0.2) is 0 Å². The fourth-order valence-corrected chi connectivity index (χ4v) is 4.16. The summed E-state index contributed by atoms with van der Waals surface area (Å²) in [4.78, 5) is 2.81. The SMILES string of the molecule is CC(CC1CC1)N1CC2CNCC2C1(C)C. The molecule has 3 fully saturated rings. The largest absolute Gasteiger partial charge is 0.316 e. The van der Waals surface area contributed by atoms with Crippen molar-refractivity contribution in [2.45, 2.75) is 51.6 Å². The van der Waals surface area contributed by atoms with E-state index in [4.69, 9.17) is 0 Å². The van der Waals surface area contributed by atoms with E-state index < -0.39 is 0 Å². The van der Waals surface area contributed by atoms with E-state index in [1.165, 1.54) is 38.9 Å². The van der Waals surface area contributed by atoms with Gasteiger partial charge in [-0.3, -0.25) is 4.90 Å². The summed E-state index contributed by atoms with van der Waals surface area (Å²) in [5, 5.41) is 3.57. The van der Waals surface area contributed by atoms with Crippen LogP contribution < -0.4 is 5.32 Å². The number of fused-ring (bicyclic) bond motifs is 1. The van der Waals surface area contributed by atoms with Gasteiger partial charge in [0.2, 0.25) is 0 Å². The molecule has 0 radical (unpaired) electrons. The molecule has 0 spiro atoms. The Morgan fingerprint density at radius 2 is 2.06 bits per heavy atom. The third kappa shape index (κ3) is 1.70. The van der Waals surface area contributed by atoms with Crippen molar-refractivity contribution in [3.63, 3.8) is 0 Å². The third-order valence-corrected chi connectivity index (χ3v) is 5.32. The highest BCUT2D eigenvalue weighted by Crippen LogP contribution is 2.44. The fraction of sp³-hybridized carbons (Fsp3) is 1.00. The summed E-state index contributed by atoms with van der Waals surface area (Å²) >= 11 is 0. The summed E-state index contributed by atoms with van der Waals surface area (Å²) in [5.74, 6) is 2.86. The second-order valence-electron chi connectivity index (χ2n) is 6.86. The molecule has 2 saturated heterocycles. The van der Waals surface area contributed by atoms with Crippen molar-refractivity contribution in [1.82, 2.24) is 10.2 Å². The summed E-state index contributed by atoms with van der Waals surface area (Å²) < 4.78 is 0. The predicted octanol–water partition coefficient (Wildman–Crippen LogP) is 2.10. The maximum Gasteiger partial charge on any atom is 0.0200 e. The lowest BCUT2D eigenvalue weighted by atomic mass is 9.84. The van der Waals surface area contributed by atoms with Crippen molar-refractivity contribution in [3.8, 4) is 0 Å². The average Bonchev–Trinajstić information content (AvgIpc) is 2.81. The Morgan fingerprint density at radius 1 is 1.31 bits per heavy atom. The lowest BCUT2D eigenvalue weighted by Crippen LogP contribution is -2.48. The molecule has 1 N–H and O–H groups in total. The number of hydrogen-bond donors (Lipinski definition) is 1. The normalized spacial score (nSPS) is 39.9. The Bertz CT molecular complexity index is 270. The van der Waals surface area contributed by atoms with Crippen molar-refractivity contribution in [2.24, 2.45) is 17.8 Å². The minimum Gasteiger partial charge on any atom is -0.316 e. The summed E-state index contributed by atoms with van der Waals surface area (Å²) in [6.45, 7) is 11.2. The van der Waals surface area contributed by atoms with Crippen molar-refractivity contribution < 1.29 is 0 Å². The van der Waals surface area contributed by atoms with E-state index in [0.29, 0.717) is 5.54 Å². The fourth-order valence-electron chi connectivity index (χ4n) is 4.16. The van der Waals surface area contributed by atoms with Crippen LogP contribution in [0.5, 0.6) is 0 Å². The van der Waals surface area contributed by atoms with E-state index in [2.05, 4.69) is 31.0 Å². The van der Waals surface area contributed by atoms with Crippen LogP contribution in [0.3, 0.4) is 0 Å². The van der Waals surface area contributed by atoms with Gasteiger partial charge in [0, 0.05) is 24.7 Å². The molecule has 2 nitrogen and oxygen atoms in total. The average molecular weight is 222 g/mol. The lowest BCUT2D eigenvalue weighted by Gasteiger charge is -2.40. The number of rotatable bonds is 3. The molecule has 16 heavy (non-hydrogen) atoms. The number of hydrogen-bond acceptors (Lipinski definition) is 2. The number of nitrogens with zero attached hydrogens (tertiary/aromatic N) is 1. The monoisotopic (exact) mass is 222 g/mol. The Balaban J connectivity index is 1.70. The molecule has 1 saturated carbocycles. The van der Waals surface area contributed by atoms with E-state index in [1.54, 1.807) is 0 Å². The van der Waals surface area contributed by atoms with Gasteiger partial charge in [-0.1, -0.05) is 12.8 Å². The predicted molar refractivity (Wildman–Crippen MR) is 67.4 cm³/mol. The molecular formula is C14H26N2. The standard InChI is InChI=1S/C14H26N2/c1-10(6-11-4-5-11)16-9-12-7-15-8-13(12)14(16,2)3/h10-13,15H,4-9H2,1-3H3. The summed E-state index contributed by atoms with van der Waals surface area (Å²) in [6.07, 6.45) is 4.43. The van der Waals surface area contributed by atoms with Crippen LogP contribution in [0.4, 0.5) is 0 Å². The van der Waals surface area contributed by atoms with E-state index in [-0.39, 0.29) is 0 Å². The van der Waals surface area contributed by atoms with E-state index in [9.17, 15) is 0 Å². The topological polar surface area (TPSA) is 15.3 Å². The zero-order valence-corrected chi connectivity index (χ0v) is 11.0. The Kier molecular flexibility index (Phi) is 2.56. The van der Waals surface area contributed by atoms with Crippen LogP contribution in [-0.4, -0.2) is 36.1 Å². The summed E-state index contributed by atoms with van der Waals surface area (Å²) in [5.41, 5.74) is 0.419. The Labute approximate surface area is 99.8 Å². The molecule has 3 rings (SSSR count). The van der Waals surface area contributed by atoms with Gasteiger partial charge in [-0.25, -0.2) is 0 Å². The van der Waals surface area contributed by atoms with Crippen molar-refractivity contribution >= 4 is 0 Å². The molecule has 3 atom stereocenters. The van der Waals surface area contributed by atoms with Crippen LogP contribution in [-0.2, 0) is 0 Å². The van der Waals surface area contributed by atoms with E-state index in [1.807, 2.05) is 0 Å². The van der Waals surface area contributed by atoms with E-state index in [0.717, 1.165) is 23.8 Å². The summed E-state index contributed by atoms with van der Waals surface area (Å²) in [6, 6.07) is 0.799. The van der Waals surface area contributed by atoms with Crippen molar-refractivity contribution in [1.29, 1.82) is 0 Å². The first kappa shape index (κ1) is 11.0. The Hall–Kier alpha value is -0.0800. The molecule has 0 aromatic rings. The first-order valence-corrected chi connectivity index (χ1v) is 7.06. The van der Waals surface area contributed by atoms with Gasteiger partial charge in [-0.05, 0) is 51.5 Å². The van der Waals surface area contributed by atoms with Gasteiger partial charge >= 0.3 is 0 Å². The highest BCUT2D eigenvalue weighted by molar-refractivity contribution is 5.06. The molecule has 1 aliphatic carbocycles. The minimum absolute atomic E-state index is 0.419. The lowest BCUT2D eigenvalue weighted by molar-refractivity contribution is 0.0898. The molecule has 0 amide bonds. The summed E-state index contributed by atoms with van der Waals surface area (Å²) in [7, 11) is 0. The maximum atomic E-state index is 3.57. The zero-order chi connectivity index (χ0) is 11.3. The molecule has 0 aromatic heterocycles. The van der Waals surface area contributed by atoms with Crippen molar-refractivity contribution in [3.05, 3.63) is 0 Å². The van der Waals surface area contributed by atoms with Gasteiger partial charge in [0.15, 0.2) is 0 Å². The molecule has 0 bridgehead atoms. The quantitative estimate of drug-likeness (QED) is 0.787. The number of likely N-dealkylation sites (tertiary alicyclic amines) is 1. The van der Waals surface area contributed by atoms with Gasteiger partial charge < -0.3 is 5.32 Å². The van der Waals surface area contributed by atoms with Crippen LogP contribution in [0.25, 0.3) is 0 Å². The van der Waals surface area contributed by atoms with Gasteiger partial charge in [-0.2, -0.15) is 0 Å². The number of nitrogens with one attached hydrogen (secondary N) is 1. The van der Waals surface area contributed by atoms with Gasteiger partial charge in [0.1, 0.15) is 0 Å². The second kappa shape index (κ2) is 3.71. The van der Waals surface area contributed by atoms with E-state index >= 15 is 0 Å². The zero-order valence-electron chi connectivity index (χ0n) is 11.0. The molecule has 0 aromatic carbocycles. The molecule has 92 valence electrons. The first-order valence-electron chi connectivity index (χ1n) is 7.06. The van der Waals surface area contributed by atoms with Crippen LogP contribution in [0.1, 0.15) is 40.0 Å².